The summed E-state index contributed by atoms with van der Waals surface area (Å²) in [6, 6.07) is 17.7. The highest BCUT2D eigenvalue weighted by atomic mass is 127. The number of rotatable bonds is 10. The molecule has 41 heavy (non-hydrogen) atoms. The Morgan fingerprint density at radius 1 is 0.878 bits per heavy atom. The summed E-state index contributed by atoms with van der Waals surface area (Å²) in [6.45, 7) is 1.23. The van der Waals surface area contributed by atoms with Crippen LogP contribution in [-0.2, 0) is 30.9 Å². The third-order valence-electron chi connectivity index (χ3n) is 3.87. The molecule has 0 amide bonds. The molecule has 0 spiro atoms. The van der Waals surface area contributed by atoms with Gasteiger partial charge in [-0.25, -0.2) is 0 Å². The minimum Gasteiger partial charge on any atom is -0.326 e. The molecule has 0 unspecified atom stereocenters. The van der Waals surface area contributed by atoms with Gasteiger partial charge < -0.3 is 5.73 Å². The normalized spacial score (nSPS) is 10.2. The van der Waals surface area contributed by atoms with Gasteiger partial charge in [-0.2, -0.15) is 8.42 Å². The van der Waals surface area contributed by atoms with Gasteiger partial charge in [0.15, 0.2) is 0 Å². The lowest BCUT2D eigenvalue weighted by Gasteiger charge is -2.01. The van der Waals surface area contributed by atoms with Crippen molar-refractivity contribution in [3.63, 3.8) is 0 Å². The quantitative estimate of drug-likeness (QED) is 0.0934. The predicted molar refractivity (Wildman–Crippen MR) is 195 cm³/mol. The van der Waals surface area contributed by atoms with Crippen molar-refractivity contribution in [3.8, 4) is 0 Å². The Bertz CT molecular complexity index is 1370. The molecule has 0 saturated heterocycles. The van der Waals surface area contributed by atoms with Crippen LogP contribution in [-0.4, -0.2) is 34.4 Å². The molecule has 0 atom stereocenters. The van der Waals surface area contributed by atoms with E-state index in [2.05, 4.69) is 84.7 Å². The third-order valence-corrected chi connectivity index (χ3v) is 9.13. The molecule has 0 saturated carbocycles. The Hall–Kier alpha value is 0.730. The molecule has 2 aromatic carbocycles. The summed E-state index contributed by atoms with van der Waals surface area (Å²) in [5.74, 6) is 1.37. The van der Waals surface area contributed by atoms with E-state index in [0.29, 0.717) is 41.8 Å². The summed E-state index contributed by atoms with van der Waals surface area (Å²) in [7, 11) is 7.86. The molecular weight excluding hydrogens is 944 g/mol. The third kappa shape index (κ3) is 26.8. The molecule has 0 fully saturated rings. The predicted octanol–water partition coefficient (Wildman–Crippen LogP) is 8.35. The van der Waals surface area contributed by atoms with Crippen LogP contribution >= 0.6 is 134 Å². The van der Waals surface area contributed by atoms with E-state index in [9.17, 15) is 14.4 Å². The lowest BCUT2D eigenvalue weighted by atomic mass is 10.2. The van der Waals surface area contributed by atoms with Crippen LogP contribution in [0.15, 0.2) is 59.4 Å². The fourth-order valence-corrected chi connectivity index (χ4v) is 6.95. The van der Waals surface area contributed by atoms with E-state index < -0.39 is 8.26 Å². The van der Waals surface area contributed by atoms with Crippen molar-refractivity contribution in [3.05, 3.63) is 87.6 Å². The van der Waals surface area contributed by atoms with Gasteiger partial charge in [0.25, 0.3) is 5.56 Å². The number of halogens is 7. The summed E-state index contributed by atoms with van der Waals surface area (Å²) >= 11 is 21.8. The largest absolute Gasteiger partial charge is 0.326 e. The fourth-order valence-electron chi connectivity index (χ4n) is 2.28. The fraction of sp³-hybridized carbons (Fsp3) is 0.261. The lowest BCUT2D eigenvalue weighted by molar-refractivity contribution is -0.112. The first-order valence-electron chi connectivity index (χ1n) is 10.9. The van der Waals surface area contributed by atoms with Crippen LogP contribution in [0.1, 0.15) is 24.0 Å². The van der Waals surface area contributed by atoms with Gasteiger partial charge in [0, 0.05) is 65.5 Å². The van der Waals surface area contributed by atoms with Crippen LogP contribution in [0.5, 0.6) is 0 Å². The zero-order valence-electron chi connectivity index (χ0n) is 20.8. The molecule has 0 aliphatic carbocycles. The Labute approximate surface area is 302 Å². The summed E-state index contributed by atoms with van der Waals surface area (Å²) < 4.78 is 22.9. The minimum absolute atomic E-state index is 0.0381. The summed E-state index contributed by atoms with van der Waals surface area (Å²) in [6.07, 6.45) is 0.738. The average Bonchev–Trinajstić information content (AvgIpc) is 3.17. The Morgan fingerprint density at radius 2 is 1.32 bits per heavy atom. The molecule has 0 aliphatic heterocycles. The number of carbonyl (C=O) groups is 2. The Balaban J connectivity index is 0.000000555. The molecule has 1 heterocycles. The molecule has 3 rings (SSSR count). The molecule has 0 bridgehead atoms. The first-order chi connectivity index (χ1) is 19.1. The van der Waals surface area contributed by atoms with Crippen molar-refractivity contribution in [2.75, 3.05) is 11.5 Å². The van der Waals surface area contributed by atoms with Crippen LogP contribution in [0.4, 0.5) is 0 Å². The maximum absolute atomic E-state index is 11.4. The first-order valence-corrected chi connectivity index (χ1v) is 20.6. The number of nitrogens with zero attached hydrogens (tertiary/aromatic N) is 1. The van der Waals surface area contributed by atoms with E-state index in [4.69, 9.17) is 49.0 Å². The van der Waals surface area contributed by atoms with E-state index in [0.717, 1.165) is 5.56 Å². The minimum atomic E-state index is -3.72. The Kier molecular flexibility index (Phi) is 24.5. The smallest absolute Gasteiger partial charge is 0.317 e. The van der Waals surface area contributed by atoms with Gasteiger partial charge in [-0.1, -0.05) is 57.5 Å². The standard InChI is InChI=1S/C10H7ClINOS.C7H8IN.C6H8Cl2O2S2.Cl2O2S/c11-9-5-10(14)13(15-9)6-7-2-1-3-8(12)4-7;8-7-3-1-2-6(4-7)5-9;7-5(9)1-3-11-12-4-2-6(8)10;1-5(2,3)4/h1-5H,6H2;1-4H,5,9H2;1-4H2;. The van der Waals surface area contributed by atoms with Crippen molar-refractivity contribution >= 4 is 153 Å². The molecular formula is C23H23Cl5I2N2O5S4. The molecule has 0 aliphatic rings. The number of hydrogen-bond acceptors (Lipinski definition) is 9. The number of nitrogens with two attached hydrogens (primary N) is 1. The maximum atomic E-state index is 11.4. The summed E-state index contributed by atoms with van der Waals surface area (Å²) in [5, 5.41) is -0.645. The van der Waals surface area contributed by atoms with E-state index in [1.54, 1.807) is 3.96 Å². The van der Waals surface area contributed by atoms with Gasteiger partial charge in [-0.15, -0.1) is 0 Å². The van der Waals surface area contributed by atoms with Crippen LogP contribution in [0.25, 0.3) is 0 Å². The van der Waals surface area contributed by atoms with Crippen LogP contribution in [0.3, 0.4) is 0 Å². The topological polar surface area (TPSA) is 116 Å². The second-order valence-electron chi connectivity index (χ2n) is 7.11. The van der Waals surface area contributed by atoms with Gasteiger partial charge in [0.1, 0.15) is 4.34 Å². The van der Waals surface area contributed by atoms with Gasteiger partial charge in [0.05, 0.1) is 6.54 Å². The van der Waals surface area contributed by atoms with Crippen molar-refractivity contribution in [1.29, 1.82) is 0 Å². The number of benzene rings is 2. The van der Waals surface area contributed by atoms with E-state index in [1.165, 1.54) is 51.9 Å². The average molecular weight is 967 g/mol. The zero-order valence-corrected chi connectivity index (χ0v) is 32.1. The van der Waals surface area contributed by atoms with Crippen molar-refractivity contribution in [1.82, 2.24) is 3.96 Å². The second-order valence-corrected chi connectivity index (χ2v) is 18.5. The number of carbonyl (C=O) groups excluding carboxylic acids is 2. The molecule has 3 aromatic rings. The lowest BCUT2D eigenvalue weighted by Crippen LogP contribution is -2.12. The number of aromatic nitrogens is 1. The van der Waals surface area contributed by atoms with Gasteiger partial charge in [-0.3, -0.25) is 18.3 Å². The molecule has 1 aromatic heterocycles. The van der Waals surface area contributed by atoms with E-state index in [1.807, 2.05) is 30.3 Å². The van der Waals surface area contributed by atoms with Crippen LogP contribution < -0.4 is 11.3 Å². The Morgan fingerprint density at radius 3 is 1.66 bits per heavy atom. The highest BCUT2D eigenvalue weighted by Crippen LogP contribution is 2.23. The molecule has 7 nitrogen and oxygen atoms in total. The molecule has 0 radical (unpaired) electrons. The van der Waals surface area contributed by atoms with Crippen molar-refractivity contribution < 1.29 is 18.0 Å². The van der Waals surface area contributed by atoms with Gasteiger partial charge in [-0.05, 0) is 115 Å². The monoisotopic (exact) mass is 964 g/mol. The van der Waals surface area contributed by atoms with Crippen molar-refractivity contribution in [2.24, 2.45) is 5.73 Å². The summed E-state index contributed by atoms with van der Waals surface area (Å²) in [5.41, 5.74) is 7.69. The zero-order chi connectivity index (χ0) is 31.4. The molecule has 18 heteroatoms. The highest BCUT2D eigenvalue weighted by molar-refractivity contribution is 14.1. The number of hydrogen-bond donors (Lipinski definition) is 1. The molecule has 2 N–H and O–H groups in total. The van der Waals surface area contributed by atoms with E-state index >= 15 is 0 Å². The van der Waals surface area contributed by atoms with Gasteiger partial charge in [0.2, 0.25) is 10.5 Å². The second kappa shape index (κ2) is 24.0. The first kappa shape index (κ1) is 41.7. The van der Waals surface area contributed by atoms with Crippen LogP contribution in [0.2, 0.25) is 4.34 Å². The summed E-state index contributed by atoms with van der Waals surface area (Å²) in [4.78, 5) is 31.9. The maximum Gasteiger partial charge on any atom is 0.317 e. The van der Waals surface area contributed by atoms with Gasteiger partial charge >= 0.3 is 8.26 Å². The van der Waals surface area contributed by atoms with Crippen LogP contribution in [0, 0.1) is 7.14 Å². The van der Waals surface area contributed by atoms with Crippen molar-refractivity contribution in [2.45, 2.75) is 25.9 Å². The van der Waals surface area contributed by atoms with E-state index in [-0.39, 0.29) is 16.0 Å². The highest BCUT2D eigenvalue weighted by Gasteiger charge is 2.03. The molecule has 228 valence electrons. The SMILES string of the molecule is NCc1cccc(I)c1.O=C(Cl)CCSSCCC(=O)Cl.O=S(=O)(Cl)Cl.O=c1cc(Cl)sn1Cc1cccc(I)c1.